The minimum Gasteiger partial charge on any atom is -0.340 e. The fourth-order valence-corrected chi connectivity index (χ4v) is 4.55. The van der Waals surface area contributed by atoms with Crippen LogP contribution in [0.2, 0.25) is 5.02 Å². The summed E-state index contributed by atoms with van der Waals surface area (Å²) in [5.41, 5.74) is 1.51. The second-order valence-electron chi connectivity index (χ2n) is 6.81. The van der Waals surface area contributed by atoms with Gasteiger partial charge in [-0.3, -0.25) is 14.9 Å². The molecule has 0 aliphatic heterocycles. The summed E-state index contributed by atoms with van der Waals surface area (Å²) < 4.78 is 0.760. The Hall–Kier alpha value is -2.42. The van der Waals surface area contributed by atoms with Crippen molar-refractivity contribution in [1.82, 2.24) is 15.5 Å². The van der Waals surface area contributed by atoms with E-state index in [4.69, 9.17) is 11.6 Å². The van der Waals surface area contributed by atoms with Crippen molar-refractivity contribution in [3.8, 4) is 0 Å². The maximum atomic E-state index is 12.8. The first-order chi connectivity index (χ1) is 14.4. The summed E-state index contributed by atoms with van der Waals surface area (Å²) in [6.07, 6.45) is 0. The summed E-state index contributed by atoms with van der Waals surface area (Å²) >= 11 is 8.95. The Morgan fingerprint density at radius 2 is 1.77 bits per heavy atom. The molecular weight excluding hydrogens is 440 g/mol. The molecule has 3 aromatic rings. The summed E-state index contributed by atoms with van der Waals surface area (Å²) in [4.78, 5) is 25.3. The minimum atomic E-state index is -0.738. The van der Waals surface area contributed by atoms with Crippen molar-refractivity contribution in [2.75, 3.05) is 5.32 Å². The number of hydrogen-bond donors (Lipinski definition) is 2. The molecule has 0 bridgehead atoms. The van der Waals surface area contributed by atoms with Crippen molar-refractivity contribution in [3.05, 3.63) is 70.7 Å². The lowest BCUT2D eigenvalue weighted by Crippen LogP contribution is -2.47. The molecule has 1 unspecified atom stereocenters. The van der Waals surface area contributed by atoms with Crippen LogP contribution in [0.5, 0.6) is 0 Å². The Labute approximate surface area is 188 Å². The lowest BCUT2D eigenvalue weighted by atomic mass is 10.0. The van der Waals surface area contributed by atoms with E-state index in [0.717, 1.165) is 10.1 Å². The smallest absolute Gasteiger partial charge is 0.253 e. The first-order valence-electron chi connectivity index (χ1n) is 9.30. The molecule has 2 aromatic carbocycles. The number of amides is 2. The van der Waals surface area contributed by atoms with Gasteiger partial charge in [-0.1, -0.05) is 91.0 Å². The molecular formula is C21H21ClN4O2S2. The van der Waals surface area contributed by atoms with Gasteiger partial charge < -0.3 is 5.32 Å². The Balaban J connectivity index is 1.60. The van der Waals surface area contributed by atoms with E-state index in [2.05, 4.69) is 20.8 Å². The normalized spacial score (nSPS) is 11.9. The van der Waals surface area contributed by atoms with E-state index in [1.165, 1.54) is 16.9 Å². The number of anilines is 1. The number of nitrogens with zero attached hydrogens (tertiary/aromatic N) is 2. The zero-order valence-electron chi connectivity index (χ0n) is 16.5. The molecule has 1 atom stereocenters. The molecule has 0 saturated carbocycles. The first-order valence-corrected chi connectivity index (χ1v) is 11.5. The summed E-state index contributed by atoms with van der Waals surface area (Å²) in [6, 6.07) is 16.0. The van der Waals surface area contributed by atoms with Gasteiger partial charge in [0.05, 0.1) is 10.6 Å². The zero-order chi connectivity index (χ0) is 21.5. The molecule has 9 heteroatoms. The van der Waals surface area contributed by atoms with E-state index < -0.39 is 11.9 Å². The molecule has 3 rings (SSSR count). The first kappa shape index (κ1) is 22.3. The van der Waals surface area contributed by atoms with Crippen LogP contribution in [0.3, 0.4) is 0 Å². The Bertz CT molecular complexity index is 1010. The van der Waals surface area contributed by atoms with Crippen molar-refractivity contribution in [2.45, 2.75) is 30.0 Å². The molecule has 0 radical (unpaired) electrons. The maximum Gasteiger partial charge on any atom is 0.253 e. The molecule has 1 heterocycles. The third-order valence-corrected chi connectivity index (χ3v) is 6.57. The van der Waals surface area contributed by atoms with E-state index in [0.29, 0.717) is 15.7 Å². The average Bonchev–Trinajstić information content (AvgIpc) is 3.18. The van der Waals surface area contributed by atoms with Gasteiger partial charge in [-0.15, -0.1) is 10.2 Å². The number of hydrogen-bond acceptors (Lipinski definition) is 6. The van der Waals surface area contributed by atoms with Crippen LogP contribution in [0.15, 0.2) is 58.9 Å². The molecule has 1 aromatic heterocycles. The van der Waals surface area contributed by atoms with Crippen LogP contribution in [-0.4, -0.2) is 28.1 Å². The van der Waals surface area contributed by atoms with Crippen LogP contribution in [0.25, 0.3) is 0 Å². The number of aromatic nitrogens is 2. The summed E-state index contributed by atoms with van der Waals surface area (Å²) in [7, 11) is 0. The summed E-state index contributed by atoms with van der Waals surface area (Å²) in [5, 5.41) is 14.4. The zero-order valence-corrected chi connectivity index (χ0v) is 18.9. The Morgan fingerprint density at radius 1 is 1.07 bits per heavy atom. The standard InChI is InChI=1S/C21H21ClN4O2S2/c1-13(2)17(23-18(27)15-10-6-7-11-16(15)22)19(28)24-20-25-26-21(30-20)29-12-14-8-4-3-5-9-14/h3-11,13,17H,12H2,1-2H3,(H,23,27)(H,24,25,28). The predicted octanol–water partition coefficient (Wildman–Crippen LogP) is 4.88. The van der Waals surface area contributed by atoms with Crippen LogP contribution in [0, 0.1) is 5.92 Å². The highest BCUT2D eigenvalue weighted by molar-refractivity contribution is 8.00. The number of carbonyl (C=O) groups excluding carboxylic acids is 2. The van der Waals surface area contributed by atoms with Gasteiger partial charge in [0.2, 0.25) is 11.0 Å². The number of carbonyl (C=O) groups is 2. The molecule has 6 nitrogen and oxygen atoms in total. The monoisotopic (exact) mass is 460 g/mol. The summed E-state index contributed by atoms with van der Waals surface area (Å²) in [6.45, 7) is 3.72. The number of halogens is 1. The maximum absolute atomic E-state index is 12.8. The van der Waals surface area contributed by atoms with E-state index in [1.807, 2.05) is 44.2 Å². The van der Waals surface area contributed by atoms with Gasteiger partial charge in [-0.25, -0.2) is 0 Å². The largest absolute Gasteiger partial charge is 0.340 e. The van der Waals surface area contributed by atoms with E-state index in [1.54, 1.807) is 36.0 Å². The lowest BCUT2D eigenvalue weighted by molar-refractivity contribution is -0.118. The van der Waals surface area contributed by atoms with E-state index >= 15 is 0 Å². The predicted molar refractivity (Wildman–Crippen MR) is 122 cm³/mol. The van der Waals surface area contributed by atoms with Crippen molar-refractivity contribution >= 4 is 51.6 Å². The van der Waals surface area contributed by atoms with E-state index in [-0.39, 0.29) is 11.8 Å². The fourth-order valence-electron chi connectivity index (χ4n) is 2.62. The number of benzene rings is 2. The van der Waals surface area contributed by atoms with Crippen LogP contribution in [0.4, 0.5) is 5.13 Å². The topological polar surface area (TPSA) is 84.0 Å². The molecule has 2 amide bonds. The second-order valence-corrected chi connectivity index (χ2v) is 9.42. The van der Waals surface area contributed by atoms with Crippen LogP contribution in [0.1, 0.15) is 29.8 Å². The number of nitrogens with one attached hydrogen (secondary N) is 2. The number of thioether (sulfide) groups is 1. The third kappa shape index (κ3) is 6.04. The molecule has 0 aliphatic carbocycles. The van der Waals surface area contributed by atoms with Crippen molar-refractivity contribution in [3.63, 3.8) is 0 Å². The third-order valence-electron chi connectivity index (χ3n) is 4.20. The quantitative estimate of drug-likeness (QED) is 0.370. The van der Waals surface area contributed by atoms with Crippen molar-refractivity contribution in [2.24, 2.45) is 5.92 Å². The average molecular weight is 461 g/mol. The van der Waals surface area contributed by atoms with Crippen molar-refractivity contribution < 1.29 is 9.59 Å². The summed E-state index contributed by atoms with van der Waals surface area (Å²) in [5.74, 6) is -0.102. The number of rotatable bonds is 8. The fraction of sp³-hybridized carbons (Fsp3) is 0.238. The van der Waals surface area contributed by atoms with Gasteiger partial charge in [-0.2, -0.15) is 0 Å². The highest BCUT2D eigenvalue weighted by Gasteiger charge is 2.26. The van der Waals surface area contributed by atoms with Gasteiger partial charge in [0.25, 0.3) is 5.91 Å². The van der Waals surface area contributed by atoms with Gasteiger partial charge in [0.15, 0.2) is 4.34 Å². The molecule has 156 valence electrons. The highest BCUT2D eigenvalue weighted by atomic mass is 35.5. The molecule has 30 heavy (non-hydrogen) atoms. The molecule has 0 saturated heterocycles. The van der Waals surface area contributed by atoms with E-state index in [9.17, 15) is 9.59 Å². The van der Waals surface area contributed by atoms with Gasteiger partial charge in [0.1, 0.15) is 6.04 Å². The molecule has 0 fully saturated rings. The minimum absolute atomic E-state index is 0.128. The molecule has 0 aliphatic rings. The van der Waals surface area contributed by atoms with Gasteiger partial charge in [0, 0.05) is 5.75 Å². The van der Waals surface area contributed by atoms with Crippen LogP contribution < -0.4 is 10.6 Å². The Kier molecular flexibility index (Phi) is 7.84. The van der Waals surface area contributed by atoms with Crippen LogP contribution >= 0.6 is 34.7 Å². The van der Waals surface area contributed by atoms with Gasteiger partial charge in [-0.05, 0) is 23.6 Å². The molecule has 0 spiro atoms. The highest BCUT2D eigenvalue weighted by Crippen LogP contribution is 2.28. The SMILES string of the molecule is CC(C)C(NC(=O)c1ccccc1Cl)C(=O)Nc1nnc(SCc2ccccc2)s1. The lowest BCUT2D eigenvalue weighted by Gasteiger charge is -2.21. The van der Waals surface area contributed by atoms with Gasteiger partial charge >= 0.3 is 0 Å². The molecule has 2 N–H and O–H groups in total. The Morgan fingerprint density at radius 3 is 2.47 bits per heavy atom. The van der Waals surface area contributed by atoms with Crippen LogP contribution in [-0.2, 0) is 10.5 Å². The van der Waals surface area contributed by atoms with Crippen molar-refractivity contribution in [1.29, 1.82) is 0 Å². The second kappa shape index (κ2) is 10.6.